The molecule has 0 radical (unpaired) electrons. The largest absolute Gasteiger partial charge is 3.00 e. The number of aliphatic hydroxyl groups is 15. The number of rotatable bonds is 15. The minimum absolute atomic E-state index is 0. The van der Waals surface area contributed by atoms with E-state index in [-0.39, 0.29) is 25.8 Å². The van der Waals surface area contributed by atoms with Gasteiger partial charge >= 0.3 is 25.8 Å². The number of hydrogen-bond acceptors (Lipinski definition) is 21. The Bertz CT molecular complexity index is 608. The normalized spacial score (nSPS) is 19.9. The molecule has 0 amide bonds. The van der Waals surface area contributed by atoms with Crippen LogP contribution in [0.5, 0.6) is 0 Å². The zero-order valence-corrected chi connectivity index (χ0v) is 22.1. The molecule has 40 heavy (non-hydrogen) atoms. The molecule has 22 heteroatoms. The summed E-state index contributed by atoms with van der Waals surface area (Å²) in [5, 5.41) is 160. The molecule has 0 aliphatic carbocycles. The summed E-state index contributed by atoms with van der Waals surface area (Å²) in [5.41, 5.74) is 0. The van der Waals surface area contributed by atoms with Crippen LogP contribution in [0.3, 0.4) is 0 Å². The Morgan fingerprint density at radius 3 is 0.650 bits per heavy atom. The van der Waals surface area contributed by atoms with Gasteiger partial charge in [-0.15, -0.1) is 0 Å². The predicted octanol–water partition coefficient (Wildman–Crippen LogP) is -14.5. The Labute approximate surface area is 243 Å². The summed E-state index contributed by atoms with van der Waals surface area (Å²) in [6.45, 7) is -2.59. The first-order chi connectivity index (χ1) is 17.7. The Balaban J connectivity index is -0.000000240. The van der Waals surface area contributed by atoms with Gasteiger partial charge in [-0.2, -0.15) is 0 Å². The summed E-state index contributed by atoms with van der Waals surface area (Å²) in [6, 6.07) is 0. The molecule has 0 saturated carbocycles. The molecule has 0 aromatic rings. The van der Waals surface area contributed by atoms with Gasteiger partial charge in [-0.05, 0) is 0 Å². The van der Waals surface area contributed by atoms with Gasteiger partial charge < -0.3 is 106 Å². The van der Waals surface area contributed by atoms with Crippen molar-refractivity contribution in [3.8, 4) is 0 Å². The van der Waals surface area contributed by atoms with Gasteiger partial charge in [0.15, 0.2) is 0 Å². The molecule has 0 bridgehead atoms. The van der Waals surface area contributed by atoms with Gasteiger partial charge in [0.05, 0.1) is 37.7 Å². The van der Waals surface area contributed by atoms with Crippen LogP contribution < -0.4 is 15.3 Å². The Morgan fingerprint density at radius 1 is 0.400 bits per heavy atom. The minimum atomic E-state index is -2.31. The zero-order valence-electron chi connectivity index (χ0n) is 20.3. The number of carboxylic acids is 3. The SMILES string of the molecule is O=C([O-])C(O)C(O)C(O)C(O)CO.O=C([O-])C(O)C(O)C(O)C(O)CO.O=C([O-])C(O)C(O)C(O)C(O)CO.[Sc+3]. The van der Waals surface area contributed by atoms with Crippen LogP contribution in [0.1, 0.15) is 0 Å². The molecule has 0 saturated heterocycles. The van der Waals surface area contributed by atoms with Gasteiger partial charge in [0.2, 0.25) is 0 Å². The summed E-state index contributed by atoms with van der Waals surface area (Å²) in [4.78, 5) is 29.9. The van der Waals surface area contributed by atoms with E-state index in [9.17, 15) is 29.7 Å². The molecule has 0 rings (SSSR count). The van der Waals surface area contributed by atoms with Crippen molar-refractivity contribution in [3.05, 3.63) is 0 Å². The third kappa shape index (κ3) is 16.8. The molecular weight excluding hydrogens is 597 g/mol. The van der Waals surface area contributed by atoms with Gasteiger partial charge in [-0.25, -0.2) is 0 Å². The monoisotopic (exact) mass is 630 g/mol. The van der Waals surface area contributed by atoms with Crippen LogP contribution in [-0.4, -0.2) is 188 Å². The summed E-state index contributed by atoms with van der Waals surface area (Å²) >= 11 is 0. The molecule has 0 fully saturated rings. The fraction of sp³-hybridized carbons (Fsp3) is 0.833. The van der Waals surface area contributed by atoms with E-state index in [1.165, 1.54) is 0 Å². The van der Waals surface area contributed by atoms with Crippen LogP contribution in [0.2, 0.25) is 0 Å². The third-order valence-corrected chi connectivity index (χ3v) is 4.49. The molecule has 15 N–H and O–H groups in total. The number of hydrogen-bond donors (Lipinski definition) is 15. The van der Waals surface area contributed by atoms with E-state index in [2.05, 4.69) is 0 Å². The molecule has 234 valence electrons. The van der Waals surface area contributed by atoms with E-state index < -0.39 is 111 Å². The summed E-state index contributed by atoms with van der Waals surface area (Å²) in [6.07, 6.45) is -24.2. The molecule has 12 unspecified atom stereocenters. The van der Waals surface area contributed by atoms with Crippen LogP contribution in [0.4, 0.5) is 0 Å². The van der Waals surface area contributed by atoms with E-state index in [0.29, 0.717) is 0 Å². The topological polar surface area (TPSA) is 424 Å². The van der Waals surface area contributed by atoms with E-state index >= 15 is 0 Å². The van der Waals surface area contributed by atoms with Crippen molar-refractivity contribution in [1.29, 1.82) is 0 Å². The second-order valence-electron chi connectivity index (χ2n) is 7.48. The van der Waals surface area contributed by atoms with E-state index in [0.717, 1.165) is 0 Å². The van der Waals surface area contributed by atoms with Crippen LogP contribution in [0, 0.1) is 0 Å². The van der Waals surface area contributed by atoms with Crippen molar-refractivity contribution in [2.75, 3.05) is 19.8 Å². The third-order valence-electron chi connectivity index (χ3n) is 4.49. The molecule has 0 aliphatic heterocycles. The van der Waals surface area contributed by atoms with E-state index in [1.807, 2.05) is 0 Å². The Hall–Kier alpha value is -1.32. The number of aliphatic hydroxyl groups excluding tert-OH is 15. The fourth-order valence-electron chi connectivity index (χ4n) is 1.99. The molecule has 0 aliphatic rings. The van der Waals surface area contributed by atoms with Crippen molar-refractivity contribution in [3.63, 3.8) is 0 Å². The summed E-state index contributed by atoms with van der Waals surface area (Å²) in [5.74, 6) is -5.93. The average Bonchev–Trinajstić information content (AvgIpc) is 2.92. The van der Waals surface area contributed by atoms with Crippen molar-refractivity contribution in [1.82, 2.24) is 0 Å². The minimum Gasteiger partial charge on any atom is -0.547 e. The molecule has 0 heterocycles. The van der Waals surface area contributed by atoms with Crippen LogP contribution in [-0.2, 0) is 40.2 Å². The fourth-order valence-corrected chi connectivity index (χ4v) is 1.99. The molecule has 12 atom stereocenters. The van der Waals surface area contributed by atoms with E-state index in [1.54, 1.807) is 0 Å². The second kappa shape index (κ2) is 23.3. The maximum Gasteiger partial charge on any atom is 3.00 e. The average molecular weight is 630 g/mol. The quantitative estimate of drug-likeness (QED) is 0.0798. The van der Waals surface area contributed by atoms with Crippen LogP contribution in [0.15, 0.2) is 0 Å². The number of carbonyl (C=O) groups is 3. The Morgan fingerprint density at radius 2 is 0.550 bits per heavy atom. The van der Waals surface area contributed by atoms with Crippen molar-refractivity contribution >= 4 is 17.9 Å². The van der Waals surface area contributed by atoms with Crippen molar-refractivity contribution in [2.45, 2.75) is 73.2 Å². The number of carbonyl (C=O) groups excluding carboxylic acids is 3. The molecule has 0 aromatic heterocycles. The van der Waals surface area contributed by atoms with Gasteiger partial charge in [-0.3, -0.25) is 0 Å². The Kier molecular flexibility index (Phi) is 26.6. The number of aliphatic carboxylic acids is 3. The second-order valence-corrected chi connectivity index (χ2v) is 7.48. The van der Waals surface area contributed by atoms with Crippen LogP contribution in [0.25, 0.3) is 0 Å². The molecule has 0 spiro atoms. The summed E-state index contributed by atoms with van der Waals surface area (Å²) in [7, 11) is 0. The van der Waals surface area contributed by atoms with Gasteiger partial charge in [0.25, 0.3) is 0 Å². The standard InChI is InChI=1S/3C6H12O7.Sc/c3*7-1-2(8)3(9)4(10)5(11)6(12)13;/h3*2-5,7-11H,1H2,(H,12,13);/q;;;+3/p-3. The van der Waals surface area contributed by atoms with Crippen molar-refractivity contribution < 1.29 is 132 Å². The zero-order chi connectivity index (χ0) is 31.8. The first-order valence-electron chi connectivity index (χ1n) is 10.4. The first kappa shape index (κ1) is 45.7. The number of carboxylic acid groups (broad SMARTS) is 3. The van der Waals surface area contributed by atoms with Crippen molar-refractivity contribution in [2.24, 2.45) is 0 Å². The maximum atomic E-state index is 9.98. The van der Waals surface area contributed by atoms with Gasteiger partial charge in [0, 0.05) is 0 Å². The van der Waals surface area contributed by atoms with E-state index in [4.69, 9.17) is 76.6 Å². The molecule has 0 aromatic carbocycles. The molecule has 21 nitrogen and oxygen atoms in total. The summed E-state index contributed by atoms with van der Waals surface area (Å²) < 4.78 is 0. The van der Waals surface area contributed by atoms with Crippen LogP contribution >= 0.6 is 0 Å². The maximum absolute atomic E-state index is 9.98. The van der Waals surface area contributed by atoms with Gasteiger partial charge in [0.1, 0.15) is 73.2 Å². The molecular formula is C18H33O21Sc. The predicted molar refractivity (Wildman–Crippen MR) is 108 cm³/mol. The van der Waals surface area contributed by atoms with Gasteiger partial charge in [-0.1, -0.05) is 0 Å². The smallest absolute Gasteiger partial charge is 0.547 e. The first-order valence-corrected chi connectivity index (χ1v) is 10.4.